The van der Waals surface area contributed by atoms with E-state index >= 15 is 0 Å². The summed E-state index contributed by atoms with van der Waals surface area (Å²) < 4.78 is 5.10. The van der Waals surface area contributed by atoms with E-state index in [4.69, 9.17) is 4.74 Å². The summed E-state index contributed by atoms with van der Waals surface area (Å²) in [6.45, 7) is 5.28. The maximum absolute atomic E-state index is 13.2. The minimum Gasteiger partial charge on any atom is -0.466 e. The maximum Gasteiger partial charge on any atom is 0.309 e. The Morgan fingerprint density at radius 1 is 1.15 bits per heavy atom. The second-order valence-electron chi connectivity index (χ2n) is 7.52. The number of hydrogen-bond donors (Lipinski definition) is 0. The van der Waals surface area contributed by atoms with E-state index in [0.717, 1.165) is 11.1 Å². The molecule has 0 spiro atoms. The van der Waals surface area contributed by atoms with Crippen molar-refractivity contribution in [1.82, 2.24) is 9.80 Å². The van der Waals surface area contributed by atoms with Crippen LogP contribution in [0.15, 0.2) is 24.3 Å². The molecule has 3 rings (SSSR count). The Morgan fingerprint density at radius 2 is 1.78 bits per heavy atom. The van der Waals surface area contributed by atoms with Crippen molar-refractivity contribution in [2.24, 2.45) is 11.8 Å². The van der Waals surface area contributed by atoms with Crippen LogP contribution in [0.2, 0.25) is 0 Å². The number of carbonyl (C=O) groups is 3. The molecule has 6 heteroatoms. The van der Waals surface area contributed by atoms with E-state index in [0.29, 0.717) is 32.5 Å². The fraction of sp³-hybridized carbons (Fsp3) is 0.571. The van der Waals surface area contributed by atoms with Gasteiger partial charge in [-0.3, -0.25) is 14.4 Å². The van der Waals surface area contributed by atoms with Crippen molar-refractivity contribution in [3.8, 4) is 0 Å². The van der Waals surface area contributed by atoms with Crippen LogP contribution in [0.3, 0.4) is 0 Å². The van der Waals surface area contributed by atoms with Gasteiger partial charge >= 0.3 is 5.97 Å². The van der Waals surface area contributed by atoms with Crippen LogP contribution in [0.5, 0.6) is 0 Å². The van der Waals surface area contributed by atoms with Gasteiger partial charge in [0.15, 0.2) is 0 Å². The van der Waals surface area contributed by atoms with E-state index in [9.17, 15) is 14.4 Å². The van der Waals surface area contributed by atoms with E-state index < -0.39 is 0 Å². The molecule has 0 N–H and O–H groups in total. The molecule has 1 aromatic rings. The van der Waals surface area contributed by atoms with E-state index in [1.54, 1.807) is 18.9 Å². The third-order valence-corrected chi connectivity index (χ3v) is 5.75. The largest absolute Gasteiger partial charge is 0.466 e. The quantitative estimate of drug-likeness (QED) is 0.761. The van der Waals surface area contributed by atoms with Crippen molar-refractivity contribution in [2.45, 2.75) is 39.2 Å². The summed E-state index contributed by atoms with van der Waals surface area (Å²) in [5.74, 6) is -0.655. The lowest BCUT2D eigenvalue weighted by Crippen LogP contribution is -2.44. The van der Waals surface area contributed by atoms with Gasteiger partial charge in [0.05, 0.1) is 24.5 Å². The zero-order valence-electron chi connectivity index (χ0n) is 16.3. The van der Waals surface area contributed by atoms with Crippen LogP contribution in [-0.4, -0.2) is 54.3 Å². The van der Waals surface area contributed by atoms with Crippen LogP contribution in [0, 0.1) is 18.8 Å². The second kappa shape index (κ2) is 8.11. The van der Waals surface area contributed by atoms with Gasteiger partial charge in [-0.05, 0) is 32.3 Å². The van der Waals surface area contributed by atoms with Crippen LogP contribution in [-0.2, 0) is 19.1 Å². The molecule has 2 atom stereocenters. The first-order valence-corrected chi connectivity index (χ1v) is 9.70. The summed E-state index contributed by atoms with van der Waals surface area (Å²) in [4.78, 5) is 40.9. The van der Waals surface area contributed by atoms with Crippen LogP contribution >= 0.6 is 0 Å². The molecule has 2 amide bonds. The van der Waals surface area contributed by atoms with Gasteiger partial charge in [0, 0.05) is 26.6 Å². The fourth-order valence-electron chi connectivity index (χ4n) is 4.14. The third-order valence-electron chi connectivity index (χ3n) is 5.75. The normalized spacial score (nSPS) is 23.6. The monoisotopic (exact) mass is 372 g/mol. The molecular weight excluding hydrogens is 344 g/mol. The van der Waals surface area contributed by atoms with Crippen molar-refractivity contribution in [2.75, 3.05) is 26.7 Å². The molecule has 6 nitrogen and oxygen atoms in total. The van der Waals surface area contributed by atoms with Gasteiger partial charge in [0.2, 0.25) is 11.8 Å². The predicted molar refractivity (Wildman–Crippen MR) is 101 cm³/mol. The van der Waals surface area contributed by atoms with Crippen molar-refractivity contribution >= 4 is 17.8 Å². The van der Waals surface area contributed by atoms with Crippen LogP contribution < -0.4 is 0 Å². The van der Waals surface area contributed by atoms with Crippen LogP contribution in [0.25, 0.3) is 0 Å². The number of benzene rings is 1. The Kier molecular flexibility index (Phi) is 5.82. The summed E-state index contributed by atoms with van der Waals surface area (Å²) in [7, 11) is 1.77. The van der Waals surface area contributed by atoms with Gasteiger partial charge in [-0.15, -0.1) is 0 Å². The lowest BCUT2D eigenvalue weighted by Gasteiger charge is -2.34. The summed E-state index contributed by atoms with van der Waals surface area (Å²) >= 11 is 0. The van der Waals surface area contributed by atoms with Gasteiger partial charge in [0.1, 0.15) is 0 Å². The molecule has 0 bridgehead atoms. The molecule has 2 saturated heterocycles. The number of carbonyl (C=O) groups excluding carboxylic acids is 3. The lowest BCUT2D eigenvalue weighted by atomic mass is 9.90. The summed E-state index contributed by atoms with van der Waals surface area (Å²) in [5.41, 5.74) is 2.14. The number of rotatable bonds is 4. The Bertz CT molecular complexity index is 707. The van der Waals surface area contributed by atoms with Gasteiger partial charge in [-0.25, -0.2) is 0 Å². The number of likely N-dealkylation sites (tertiary alicyclic amines) is 2. The number of aryl methyl sites for hydroxylation is 1. The van der Waals surface area contributed by atoms with Crippen molar-refractivity contribution in [3.63, 3.8) is 0 Å². The highest BCUT2D eigenvalue weighted by Crippen LogP contribution is 2.38. The molecule has 0 radical (unpaired) electrons. The van der Waals surface area contributed by atoms with Crippen molar-refractivity contribution in [1.29, 1.82) is 0 Å². The molecule has 146 valence electrons. The first-order chi connectivity index (χ1) is 12.9. The molecule has 2 fully saturated rings. The Morgan fingerprint density at radius 3 is 2.37 bits per heavy atom. The molecule has 2 unspecified atom stereocenters. The zero-order chi connectivity index (χ0) is 19.6. The Hall–Kier alpha value is -2.37. The molecule has 0 saturated carbocycles. The highest BCUT2D eigenvalue weighted by molar-refractivity contribution is 5.90. The van der Waals surface area contributed by atoms with Gasteiger partial charge < -0.3 is 14.5 Å². The highest BCUT2D eigenvalue weighted by atomic mass is 16.5. The average Bonchev–Trinajstić information content (AvgIpc) is 2.97. The van der Waals surface area contributed by atoms with Gasteiger partial charge in [0.25, 0.3) is 0 Å². The standard InChI is InChI=1S/C21H28N2O4/c1-4-27-21(26)16-9-11-23(12-10-16)20(25)17-13-18(24)22(3)19(17)15-7-5-14(2)6-8-15/h5-8,16-17,19H,4,9-13H2,1-3H3. The number of esters is 1. The topological polar surface area (TPSA) is 66.9 Å². The second-order valence-corrected chi connectivity index (χ2v) is 7.52. The summed E-state index contributed by atoms with van der Waals surface area (Å²) in [5, 5.41) is 0. The molecule has 27 heavy (non-hydrogen) atoms. The summed E-state index contributed by atoms with van der Waals surface area (Å²) in [6.07, 6.45) is 1.48. The minimum absolute atomic E-state index is 0.000310. The number of ether oxygens (including phenoxy) is 1. The first-order valence-electron chi connectivity index (χ1n) is 9.70. The van der Waals surface area contributed by atoms with E-state index in [1.807, 2.05) is 36.1 Å². The Balaban J connectivity index is 1.70. The van der Waals surface area contributed by atoms with Crippen molar-refractivity contribution < 1.29 is 19.1 Å². The highest BCUT2D eigenvalue weighted by Gasteiger charge is 2.44. The van der Waals surface area contributed by atoms with Crippen molar-refractivity contribution in [3.05, 3.63) is 35.4 Å². The van der Waals surface area contributed by atoms with Crippen LogP contribution in [0.1, 0.15) is 43.4 Å². The lowest BCUT2D eigenvalue weighted by molar-refractivity contribution is -0.152. The Labute approximate surface area is 160 Å². The molecule has 2 aliphatic heterocycles. The number of piperidine rings is 1. The smallest absolute Gasteiger partial charge is 0.309 e. The maximum atomic E-state index is 13.2. The predicted octanol–water partition coefficient (Wildman–Crippen LogP) is 2.32. The minimum atomic E-state index is -0.371. The van der Waals surface area contributed by atoms with E-state index in [-0.39, 0.29) is 42.1 Å². The van der Waals surface area contributed by atoms with E-state index in [1.165, 1.54) is 0 Å². The molecule has 2 aliphatic rings. The van der Waals surface area contributed by atoms with Gasteiger partial charge in [-0.1, -0.05) is 29.8 Å². The van der Waals surface area contributed by atoms with E-state index in [2.05, 4.69) is 0 Å². The molecule has 0 aromatic heterocycles. The fourth-order valence-corrected chi connectivity index (χ4v) is 4.14. The molecule has 2 heterocycles. The van der Waals surface area contributed by atoms with Crippen LogP contribution in [0.4, 0.5) is 0 Å². The molecular formula is C21H28N2O4. The first kappa shape index (κ1) is 19.4. The van der Waals surface area contributed by atoms with Gasteiger partial charge in [-0.2, -0.15) is 0 Å². The summed E-state index contributed by atoms with van der Waals surface area (Å²) in [6, 6.07) is 7.80. The number of hydrogen-bond acceptors (Lipinski definition) is 4. The third kappa shape index (κ3) is 3.99. The average molecular weight is 372 g/mol. The zero-order valence-corrected chi connectivity index (χ0v) is 16.3. The molecule has 0 aliphatic carbocycles. The SMILES string of the molecule is CCOC(=O)C1CCN(C(=O)C2CC(=O)N(C)C2c2ccc(C)cc2)CC1. The number of amides is 2. The number of nitrogens with zero attached hydrogens (tertiary/aromatic N) is 2. The molecule has 1 aromatic carbocycles.